The summed E-state index contributed by atoms with van der Waals surface area (Å²) in [7, 11) is 0. The number of halogens is 3. The van der Waals surface area contributed by atoms with Gasteiger partial charge in [-0.15, -0.1) is 11.8 Å². The number of benzene rings is 1. The van der Waals surface area contributed by atoms with Gasteiger partial charge in [0, 0.05) is 42.8 Å². The van der Waals surface area contributed by atoms with Gasteiger partial charge in [0.25, 0.3) is 5.91 Å². The molecule has 1 saturated heterocycles. The van der Waals surface area contributed by atoms with Gasteiger partial charge in [-0.25, -0.2) is 4.98 Å². The van der Waals surface area contributed by atoms with Gasteiger partial charge in [-0.1, -0.05) is 0 Å². The fourth-order valence-electron chi connectivity index (χ4n) is 3.61. The highest BCUT2D eigenvalue weighted by atomic mass is 32.2. The predicted octanol–water partition coefficient (Wildman–Crippen LogP) is 3.89. The lowest BCUT2D eigenvalue weighted by Gasteiger charge is -2.24. The van der Waals surface area contributed by atoms with Crippen LogP contribution in [-0.2, 0) is 11.0 Å². The number of nitrogens with zero attached hydrogens (tertiary/aromatic N) is 3. The second kappa shape index (κ2) is 8.41. The predicted molar refractivity (Wildman–Crippen MR) is 112 cm³/mol. The number of amides is 2. The Morgan fingerprint density at radius 1 is 1.16 bits per heavy atom. The van der Waals surface area contributed by atoms with Gasteiger partial charge in [-0.05, 0) is 43.7 Å². The zero-order valence-corrected chi connectivity index (χ0v) is 17.6. The van der Waals surface area contributed by atoms with Crippen LogP contribution in [0.2, 0.25) is 0 Å². The number of thioether (sulfide) groups is 1. The van der Waals surface area contributed by atoms with Crippen molar-refractivity contribution in [1.29, 1.82) is 0 Å². The monoisotopic (exact) mass is 450 g/mol. The van der Waals surface area contributed by atoms with E-state index in [0.29, 0.717) is 49.7 Å². The molecule has 0 saturated carbocycles. The van der Waals surface area contributed by atoms with Crippen molar-refractivity contribution < 1.29 is 22.8 Å². The van der Waals surface area contributed by atoms with Crippen LogP contribution in [0.5, 0.6) is 0 Å². The number of carbonyl (C=O) groups is 2. The third-order valence-electron chi connectivity index (χ3n) is 5.34. The summed E-state index contributed by atoms with van der Waals surface area (Å²) in [6.07, 6.45) is -2.91. The number of nitrogens with one attached hydrogen (secondary N) is 1. The van der Waals surface area contributed by atoms with Gasteiger partial charge in [-0.3, -0.25) is 9.59 Å². The molecule has 6 nitrogen and oxygen atoms in total. The Bertz CT molecular complexity index is 997. The molecule has 2 amide bonds. The number of hydrogen-bond acceptors (Lipinski definition) is 5. The van der Waals surface area contributed by atoms with Crippen molar-refractivity contribution in [2.45, 2.75) is 29.7 Å². The first kappa shape index (κ1) is 21.5. The molecular weight excluding hydrogens is 429 g/mol. The van der Waals surface area contributed by atoms with Crippen LogP contribution in [0, 0.1) is 0 Å². The Morgan fingerprint density at radius 3 is 2.68 bits per heavy atom. The van der Waals surface area contributed by atoms with Gasteiger partial charge in [-0.2, -0.15) is 13.2 Å². The largest absolute Gasteiger partial charge is 0.417 e. The molecule has 3 heterocycles. The highest BCUT2D eigenvalue weighted by Crippen LogP contribution is 2.36. The van der Waals surface area contributed by atoms with Crippen molar-refractivity contribution in [3.63, 3.8) is 0 Å². The molecule has 1 aromatic carbocycles. The minimum Gasteiger partial charge on any atom is -0.355 e. The molecule has 164 valence electrons. The van der Waals surface area contributed by atoms with Crippen molar-refractivity contribution in [3.8, 4) is 0 Å². The normalized spacial score (nSPS) is 19.5. The zero-order chi connectivity index (χ0) is 22.2. The number of aromatic nitrogens is 1. The van der Waals surface area contributed by atoms with Crippen LogP contribution in [0.4, 0.5) is 24.7 Å². The first-order chi connectivity index (χ1) is 14.7. The molecule has 1 N–H and O–H groups in total. The smallest absolute Gasteiger partial charge is 0.355 e. The van der Waals surface area contributed by atoms with E-state index in [1.807, 2.05) is 17.9 Å². The minimum atomic E-state index is -4.42. The van der Waals surface area contributed by atoms with Crippen LogP contribution in [0.15, 0.2) is 41.4 Å². The van der Waals surface area contributed by atoms with Crippen LogP contribution < -0.4 is 10.2 Å². The Labute approximate surface area is 181 Å². The molecule has 0 spiro atoms. The average Bonchev–Trinajstić information content (AvgIpc) is 2.99. The van der Waals surface area contributed by atoms with Crippen LogP contribution in [0.3, 0.4) is 0 Å². The Hall–Kier alpha value is -2.75. The van der Waals surface area contributed by atoms with Crippen LogP contribution in [0.1, 0.15) is 29.3 Å². The third kappa shape index (κ3) is 4.63. The maximum absolute atomic E-state index is 13.0. The highest BCUT2D eigenvalue weighted by Gasteiger charge is 2.31. The van der Waals surface area contributed by atoms with E-state index in [4.69, 9.17) is 0 Å². The number of carbonyl (C=O) groups excluding carboxylic acids is 2. The van der Waals surface area contributed by atoms with E-state index in [0.717, 1.165) is 17.2 Å². The standard InChI is InChI=1S/C21H21F3N4O2S/c1-13-19(29)26-16-11-14(3-5-17(16)31-13)20(30)28-8-2-7-27(9-10-28)18-6-4-15(12-25-18)21(22,23)24/h3-6,11-13H,2,7-10H2,1H3,(H,26,29). The van der Waals surface area contributed by atoms with Crippen LogP contribution >= 0.6 is 11.8 Å². The molecule has 1 fully saturated rings. The second-order valence-corrected chi connectivity index (χ2v) is 8.88. The van der Waals surface area contributed by atoms with Crippen LogP contribution in [0.25, 0.3) is 0 Å². The number of hydrogen-bond donors (Lipinski definition) is 1. The van der Waals surface area contributed by atoms with Crippen molar-refractivity contribution in [1.82, 2.24) is 9.88 Å². The molecule has 2 aliphatic heterocycles. The molecule has 0 radical (unpaired) electrons. The third-order valence-corrected chi connectivity index (χ3v) is 6.52. The topological polar surface area (TPSA) is 65.5 Å². The lowest BCUT2D eigenvalue weighted by molar-refractivity contribution is -0.137. The lowest BCUT2D eigenvalue weighted by atomic mass is 10.1. The summed E-state index contributed by atoms with van der Waals surface area (Å²) >= 11 is 1.46. The summed E-state index contributed by atoms with van der Waals surface area (Å²) in [5, 5.41) is 2.66. The molecule has 1 unspecified atom stereocenters. The van der Waals surface area contributed by atoms with E-state index >= 15 is 0 Å². The number of pyridine rings is 1. The Morgan fingerprint density at radius 2 is 1.97 bits per heavy atom. The molecule has 31 heavy (non-hydrogen) atoms. The molecule has 10 heteroatoms. The number of anilines is 2. The Kier molecular flexibility index (Phi) is 5.83. The van der Waals surface area contributed by atoms with E-state index in [9.17, 15) is 22.8 Å². The second-order valence-electron chi connectivity index (χ2n) is 7.50. The van der Waals surface area contributed by atoms with Crippen LogP contribution in [-0.4, -0.2) is 53.1 Å². The maximum atomic E-state index is 13.0. The Balaban J connectivity index is 1.43. The van der Waals surface area contributed by atoms with Crippen molar-refractivity contribution in [2.24, 2.45) is 0 Å². The van der Waals surface area contributed by atoms with E-state index in [1.54, 1.807) is 17.0 Å². The van der Waals surface area contributed by atoms with Gasteiger partial charge in [0.05, 0.1) is 16.5 Å². The minimum absolute atomic E-state index is 0.0865. The van der Waals surface area contributed by atoms with E-state index in [-0.39, 0.29) is 17.1 Å². The van der Waals surface area contributed by atoms with Gasteiger partial charge >= 0.3 is 6.18 Å². The first-order valence-electron chi connectivity index (χ1n) is 9.91. The number of rotatable bonds is 2. The molecule has 0 aliphatic carbocycles. The fourth-order valence-corrected chi connectivity index (χ4v) is 4.55. The summed E-state index contributed by atoms with van der Waals surface area (Å²) in [5.41, 5.74) is 0.356. The first-order valence-corrected chi connectivity index (χ1v) is 10.8. The molecular formula is C21H21F3N4O2S. The summed E-state index contributed by atoms with van der Waals surface area (Å²) in [5.74, 6) is 0.240. The maximum Gasteiger partial charge on any atom is 0.417 e. The fraction of sp³-hybridized carbons (Fsp3) is 0.381. The van der Waals surface area contributed by atoms with Crippen molar-refractivity contribution >= 4 is 35.1 Å². The lowest BCUT2D eigenvalue weighted by Crippen LogP contribution is -2.35. The molecule has 2 aliphatic rings. The SMILES string of the molecule is CC1Sc2ccc(C(=O)N3CCCN(c4ccc(C(F)(F)F)cn4)CC3)cc2NC1=O. The summed E-state index contributed by atoms with van der Waals surface area (Å²) in [4.78, 5) is 33.5. The summed E-state index contributed by atoms with van der Waals surface area (Å²) in [6, 6.07) is 7.70. The molecule has 1 atom stereocenters. The highest BCUT2D eigenvalue weighted by molar-refractivity contribution is 8.00. The molecule has 0 bridgehead atoms. The molecule has 4 rings (SSSR count). The van der Waals surface area contributed by atoms with Gasteiger partial charge < -0.3 is 15.1 Å². The number of alkyl halides is 3. The van der Waals surface area contributed by atoms with Crippen molar-refractivity contribution in [2.75, 3.05) is 36.4 Å². The summed E-state index contributed by atoms with van der Waals surface area (Å²) in [6.45, 7) is 3.86. The van der Waals surface area contributed by atoms with Crippen molar-refractivity contribution in [3.05, 3.63) is 47.7 Å². The van der Waals surface area contributed by atoms with E-state index < -0.39 is 11.7 Å². The van der Waals surface area contributed by atoms with Gasteiger partial charge in [0.2, 0.25) is 5.91 Å². The molecule has 1 aromatic heterocycles. The number of fused-ring (bicyclic) bond motifs is 1. The van der Waals surface area contributed by atoms with E-state index in [1.165, 1.54) is 17.8 Å². The van der Waals surface area contributed by atoms with Gasteiger partial charge in [0.1, 0.15) is 5.82 Å². The quantitative estimate of drug-likeness (QED) is 0.752. The average molecular weight is 450 g/mol. The zero-order valence-electron chi connectivity index (χ0n) is 16.8. The summed E-state index contributed by atoms with van der Waals surface area (Å²) < 4.78 is 38.3. The van der Waals surface area contributed by atoms with E-state index in [2.05, 4.69) is 10.3 Å². The molecule has 2 aromatic rings. The van der Waals surface area contributed by atoms with Gasteiger partial charge in [0.15, 0.2) is 0 Å².